The van der Waals surface area contributed by atoms with Gasteiger partial charge in [0.15, 0.2) is 0 Å². The molecule has 3 nitrogen and oxygen atoms in total. The van der Waals surface area contributed by atoms with Gasteiger partial charge in [-0.25, -0.2) is 4.52 Å². The van der Waals surface area contributed by atoms with E-state index in [2.05, 4.69) is 48.9 Å². The van der Waals surface area contributed by atoms with Gasteiger partial charge in [-0.2, -0.15) is 5.10 Å². The molecule has 0 radical (unpaired) electrons. The molecule has 1 aliphatic carbocycles. The van der Waals surface area contributed by atoms with Gasteiger partial charge in [0.25, 0.3) is 0 Å². The topological polar surface area (TPSA) is 22.2 Å². The summed E-state index contributed by atoms with van der Waals surface area (Å²) in [4.78, 5) is 0. The second kappa shape index (κ2) is 3.62. The Kier molecular flexibility index (Phi) is 2.32. The lowest BCUT2D eigenvalue weighted by atomic mass is 9.85. The van der Waals surface area contributed by atoms with Gasteiger partial charge >= 0.3 is 0 Å². The third-order valence-electron chi connectivity index (χ3n) is 3.85. The maximum absolute atomic E-state index is 4.65. The molecule has 1 aliphatic rings. The van der Waals surface area contributed by atoms with Gasteiger partial charge in [0, 0.05) is 30.4 Å². The summed E-state index contributed by atoms with van der Waals surface area (Å²) in [5, 5.41) is 4.65. The minimum atomic E-state index is 0.132. The van der Waals surface area contributed by atoms with Gasteiger partial charge in [0.2, 0.25) is 0 Å². The van der Waals surface area contributed by atoms with Crippen LogP contribution in [0.3, 0.4) is 0 Å². The number of nitrogens with zero attached hydrogens (tertiary/aromatic N) is 3. The molecule has 0 amide bonds. The van der Waals surface area contributed by atoms with E-state index in [1.165, 1.54) is 30.6 Å². The van der Waals surface area contributed by atoms with Gasteiger partial charge in [-0.05, 0) is 18.8 Å². The first-order valence-electron chi connectivity index (χ1n) is 6.59. The van der Waals surface area contributed by atoms with Crippen LogP contribution in [0.4, 0.5) is 0 Å². The minimum Gasteiger partial charge on any atom is -0.331 e. The van der Waals surface area contributed by atoms with Gasteiger partial charge in [-0.1, -0.05) is 27.2 Å². The molecule has 3 heteroatoms. The minimum absolute atomic E-state index is 0.132. The molecule has 1 fully saturated rings. The molecule has 0 unspecified atom stereocenters. The average Bonchev–Trinajstić information content (AvgIpc) is 2.69. The van der Waals surface area contributed by atoms with Crippen LogP contribution in [0.15, 0.2) is 18.5 Å². The van der Waals surface area contributed by atoms with Crippen LogP contribution in [-0.4, -0.2) is 14.2 Å². The van der Waals surface area contributed by atoms with E-state index in [0.29, 0.717) is 0 Å². The monoisotopic (exact) mass is 231 g/mol. The van der Waals surface area contributed by atoms with Crippen molar-refractivity contribution in [2.45, 2.75) is 52.0 Å². The van der Waals surface area contributed by atoms with Gasteiger partial charge < -0.3 is 4.57 Å². The number of fused-ring (bicyclic) bond motifs is 1. The normalized spacial score (nSPS) is 17.6. The summed E-state index contributed by atoms with van der Waals surface area (Å²) in [6.07, 6.45) is 8.43. The molecule has 0 N–H and O–H groups in total. The molecule has 3 rings (SSSR count). The summed E-state index contributed by atoms with van der Waals surface area (Å²) >= 11 is 0. The van der Waals surface area contributed by atoms with E-state index in [-0.39, 0.29) is 5.41 Å². The fourth-order valence-corrected chi connectivity index (χ4v) is 2.40. The summed E-state index contributed by atoms with van der Waals surface area (Å²) in [6.45, 7) is 7.80. The van der Waals surface area contributed by atoms with E-state index in [0.717, 1.165) is 12.5 Å². The summed E-state index contributed by atoms with van der Waals surface area (Å²) in [5.74, 6) is 0.888. The highest BCUT2D eigenvalue weighted by atomic mass is 15.3. The Balaban J connectivity index is 1.93. The fraction of sp³-hybridized carbons (Fsp3) is 0.643. The standard InChI is InChI=1S/C14H21N3/c1-14(2,3)12-9-13-16(7-8-17(13)15-12)10-11-5-4-6-11/h7-9,11H,4-6,10H2,1-3H3. The zero-order valence-corrected chi connectivity index (χ0v) is 11.0. The van der Waals surface area contributed by atoms with E-state index in [1.54, 1.807) is 0 Å². The molecule has 0 atom stereocenters. The molecule has 0 saturated heterocycles. The van der Waals surface area contributed by atoms with Crippen LogP contribution < -0.4 is 0 Å². The Morgan fingerprint density at radius 2 is 2.06 bits per heavy atom. The van der Waals surface area contributed by atoms with Crippen molar-refractivity contribution in [1.82, 2.24) is 14.2 Å². The summed E-state index contributed by atoms with van der Waals surface area (Å²) in [6, 6.07) is 2.23. The third kappa shape index (κ3) is 1.88. The average molecular weight is 231 g/mol. The van der Waals surface area contributed by atoms with Crippen molar-refractivity contribution in [3.8, 4) is 0 Å². The van der Waals surface area contributed by atoms with E-state index < -0.39 is 0 Å². The fourth-order valence-electron chi connectivity index (χ4n) is 2.40. The van der Waals surface area contributed by atoms with Crippen molar-refractivity contribution in [3.63, 3.8) is 0 Å². The van der Waals surface area contributed by atoms with Gasteiger partial charge in [0.05, 0.1) is 5.69 Å². The van der Waals surface area contributed by atoms with Gasteiger partial charge in [-0.3, -0.25) is 0 Å². The van der Waals surface area contributed by atoms with Crippen LogP contribution in [0, 0.1) is 5.92 Å². The zero-order chi connectivity index (χ0) is 12.0. The largest absolute Gasteiger partial charge is 0.331 e. The molecule has 17 heavy (non-hydrogen) atoms. The third-order valence-corrected chi connectivity index (χ3v) is 3.85. The molecule has 1 saturated carbocycles. The maximum atomic E-state index is 4.65. The number of rotatable bonds is 2. The molecule has 2 aromatic heterocycles. The van der Waals surface area contributed by atoms with Crippen molar-refractivity contribution in [2.75, 3.05) is 0 Å². The van der Waals surface area contributed by atoms with Crippen LogP contribution in [-0.2, 0) is 12.0 Å². The highest BCUT2D eigenvalue weighted by Crippen LogP contribution is 2.29. The summed E-state index contributed by atoms with van der Waals surface area (Å²) in [5.41, 5.74) is 2.55. The SMILES string of the molecule is CC(C)(C)c1cc2n(CC3CCC3)ccn2n1. The van der Waals surface area contributed by atoms with Crippen molar-refractivity contribution < 1.29 is 0 Å². The Hall–Kier alpha value is -1.25. The Morgan fingerprint density at radius 1 is 1.29 bits per heavy atom. The van der Waals surface area contributed by atoms with Crippen LogP contribution in [0.25, 0.3) is 5.65 Å². The molecule has 2 aromatic rings. The lowest BCUT2D eigenvalue weighted by Gasteiger charge is -2.25. The van der Waals surface area contributed by atoms with Crippen LogP contribution in [0.5, 0.6) is 0 Å². The van der Waals surface area contributed by atoms with E-state index in [9.17, 15) is 0 Å². The highest BCUT2D eigenvalue weighted by Gasteiger charge is 2.21. The smallest absolute Gasteiger partial charge is 0.136 e. The Morgan fingerprint density at radius 3 is 2.65 bits per heavy atom. The summed E-state index contributed by atoms with van der Waals surface area (Å²) in [7, 11) is 0. The molecule has 0 bridgehead atoms. The second-order valence-corrected chi connectivity index (χ2v) is 6.33. The number of aromatic nitrogens is 3. The summed E-state index contributed by atoms with van der Waals surface area (Å²) < 4.78 is 4.37. The molecular formula is C14H21N3. The van der Waals surface area contributed by atoms with E-state index >= 15 is 0 Å². The van der Waals surface area contributed by atoms with Crippen LogP contribution in [0.2, 0.25) is 0 Å². The molecule has 2 heterocycles. The first-order chi connectivity index (χ1) is 8.04. The van der Waals surface area contributed by atoms with Gasteiger partial charge in [0.1, 0.15) is 5.65 Å². The van der Waals surface area contributed by atoms with Crippen molar-refractivity contribution in [3.05, 3.63) is 24.2 Å². The van der Waals surface area contributed by atoms with Gasteiger partial charge in [-0.15, -0.1) is 0 Å². The highest BCUT2D eigenvalue weighted by molar-refractivity contribution is 5.42. The number of hydrogen-bond donors (Lipinski definition) is 0. The number of imidazole rings is 1. The predicted octanol–water partition coefficient (Wildman–Crippen LogP) is 3.23. The van der Waals surface area contributed by atoms with Crippen molar-refractivity contribution in [1.29, 1.82) is 0 Å². The first kappa shape index (κ1) is 10.9. The Bertz CT molecular complexity index is 523. The first-order valence-corrected chi connectivity index (χ1v) is 6.59. The van der Waals surface area contributed by atoms with Crippen molar-refractivity contribution in [2.24, 2.45) is 5.92 Å². The molecule has 92 valence electrons. The Labute approximate surface area is 102 Å². The molecular weight excluding hydrogens is 210 g/mol. The van der Waals surface area contributed by atoms with E-state index in [1.807, 2.05) is 4.52 Å². The zero-order valence-electron chi connectivity index (χ0n) is 11.0. The van der Waals surface area contributed by atoms with Crippen LogP contribution in [0.1, 0.15) is 45.7 Å². The van der Waals surface area contributed by atoms with E-state index in [4.69, 9.17) is 0 Å². The quantitative estimate of drug-likeness (QED) is 0.778. The van der Waals surface area contributed by atoms with Crippen molar-refractivity contribution >= 4 is 5.65 Å². The number of hydrogen-bond acceptors (Lipinski definition) is 1. The predicted molar refractivity (Wildman–Crippen MR) is 69.2 cm³/mol. The maximum Gasteiger partial charge on any atom is 0.136 e. The second-order valence-electron chi connectivity index (χ2n) is 6.33. The lowest BCUT2D eigenvalue weighted by molar-refractivity contribution is 0.279. The molecule has 0 aromatic carbocycles. The molecule has 0 aliphatic heterocycles. The molecule has 0 spiro atoms. The lowest BCUT2D eigenvalue weighted by Crippen LogP contribution is -2.17. The van der Waals surface area contributed by atoms with Crippen LogP contribution >= 0.6 is 0 Å².